The fraction of sp³-hybridized carbons (Fsp3) is 0.259. The number of fused-ring (bicyclic) bond motifs is 4. The molecule has 0 saturated carbocycles. The van der Waals surface area contributed by atoms with Gasteiger partial charge in [0.1, 0.15) is 0 Å². The van der Waals surface area contributed by atoms with Crippen LogP contribution in [0.15, 0.2) is 225 Å². The number of amides is 7. The molecule has 12 nitrogen and oxygen atoms in total. The normalized spacial score (nSPS) is 12.8. The predicted molar refractivity (Wildman–Crippen MR) is 390 cm³/mol. The lowest BCUT2D eigenvalue weighted by Gasteiger charge is -2.18. The first-order chi connectivity index (χ1) is 46.3. The number of nitrogens with two attached hydrogens (primary N) is 1. The summed E-state index contributed by atoms with van der Waals surface area (Å²) < 4.78 is 0. The summed E-state index contributed by atoms with van der Waals surface area (Å²) in [5, 5.41) is 1.31. The number of primary amides is 1. The van der Waals surface area contributed by atoms with E-state index in [9.17, 15) is 33.6 Å². The zero-order valence-electron chi connectivity index (χ0n) is 58.2. The fourth-order valence-corrected chi connectivity index (χ4v) is 11.4. The molecule has 1 aromatic heterocycles. The molecule has 13 rings (SSSR count). The molecule has 4 heterocycles. The van der Waals surface area contributed by atoms with Crippen LogP contribution in [0.2, 0.25) is 0 Å². The molecule has 3 aliphatic rings. The van der Waals surface area contributed by atoms with E-state index in [0.29, 0.717) is 94.1 Å². The summed E-state index contributed by atoms with van der Waals surface area (Å²) in [7, 11) is 0. The molecule has 0 fully saturated rings. The van der Waals surface area contributed by atoms with Gasteiger partial charge in [-0.25, -0.2) is 0 Å². The van der Waals surface area contributed by atoms with Crippen LogP contribution in [0.25, 0.3) is 10.9 Å². The molecule has 9 aromatic carbocycles. The number of aryl methyl sites for hydroxylation is 1. The number of nitrogens with zero attached hydrogens (tertiary/aromatic N) is 3. The van der Waals surface area contributed by atoms with Gasteiger partial charge in [0, 0.05) is 17.3 Å². The number of carbonyl (C=O) groups is 7. The second-order valence-electron chi connectivity index (χ2n) is 26.6. The Bertz CT molecular complexity index is 4320. The number of imide groups is 3. The van der Waals surface area contributed by atoms with E-state index in [-0.39, 0.29) is 41.4 Å². The van der Waals surface area contributed by atoms with E-state index in [1.807, 2.05) is 66.9 Å². The molecule has 97 heavy (non-hydrogen) atoms. The number of hydrogen-bond donors (Lipinski definition) is 2. The second-order valence-corrected chi connectivity index (χ2v) is 26.6. The maximum Gasteiger partial charge on any atom is 0.261 e. The van der Waals surface area contributed by atoms with Crippen molar-refractivity contribution in [2.45, 2.75) is 145 Å². The maximum atomic E-state index is 12.4. The van der Waals surface area contributed by atoms with Crippen LogP contribution in [0, 0.1) is 6.92 Å². The smallest absolute Gasteiger partial charge is 0.261 e. The highest BCUT2D eigenvalue weighted by Crippen LogP contribution is 2.30. The third kappa shape index (κ3) is 18.3. The Morgan fingerprint density at radius 2 is 0.722 bits per heavy atom. The molecule has 0 aliphatic carbocycles. The molecular formula is C85H91N5O7. The van der Waals surface area contributed by atoms with E-state index >= 15 is 0 Å². The first-order valence-corrected chi connectivity index (χ1v) is 33.5. The van der Waals surface area contributed by atoms with Crippen molar-refractivity contribution in [2.24, 2.45) is 5.73 Å². The minimum atomic E-state index is -0.363. The van der Waals surface area contributed by atoms with Crippen LogP contribution in [0.3, 0.4) is 0 Å². The summed E-state index contributed by atoms with van der Waals surface area (Å²) in [6, 6.07) is 69.9. The van der Waals surface area contributed by atoms with Gasteiger partial charge in [-0.15, -0.1) is 0 Å². The summed E-state index contributed by atoms with van der Waals surface area (Å²) in [5.74, 6) is 1.38. The molecule has 7 amide bonds. The summed E-state index contributed by atoms with van der Waals surface area (Å²) >= 11 is 0. The lowest BCUT2D eigenvalue weighted by Crippen LogP contribution is -2.29. The number of benzene rings is 9. The molecule has 0 radical (unpaired) electrons. The SMILES string of the molecule is CC(C)c1ccc(CN2C(=O)c3ccccc3C2=O)cc1.CC(C)c1ccc2[nH]ccc2c1.CC(C)c1cccc(C(N)=O)c1.CC(C)c1cccc(CN2C(=O)c3ccccc3C2=O)c1.CC(C)c1ccccc1CN1C(=O)c2ccccc2C1=O.Cc1ccc(C(C)C)cc1. The van der Waals surface area contributed by atoms with Gasteiger partial charge in [0.05, 0.1) is 53.0 Å². The molecule has 10 aromatic rings. The van der Waals surface area contributed by atoms with Gasteiger partial charge >= 0.3 is 0 Å². The Morgan fingerprint density at radius 1 is 0.351 bits per heavy atom. The molecule has 0 saturated heterocycles. The van der Waals surface area contributed by atoms with Gasteiger partial charge in [0.15, 0.2) is 0 Å². The number of aromatic amines is 1. The van der Waals surface area contributed by atoms with Crippen LogP contribution in [0.4, 0.5) is 0 Å². The molecule has 0 atom stereocenters. The van der Waals surface area contributed by atoms with Crippen molar-refractivity contribution in [2.75, 3.05) is 0 Å². The molecule has 3 aliphatic heterocycles. The molecule has 0 spiro atoms. The minimum Gasteiger partial charge on any atom is -0.366 e. The van der Waals surface area contributed by atoms with E-state index in [4.69, 9.17) is 5.73 Å². The highest BCUT2D eigenvalue weighted by Gasteiger charge is 2.37. The first kappa shape index (κ1) is 72.2. The summed E-state index contributed by atoms with van der Waals surface area (Å²) in [5.41, 5.74) is 21.9. The van der Waals surface area contributed by atoms with Crippen LogP contribution >= 0.6 is 0 Å². The van der Waals surface area contributed by atoms with Gasteiger partial charge in [-0.05, 0) is 165 Å². The van der Waals surface area contributed by atoms with Crippen molar-refractivity contribution in [3.8, 4) is 0 Å². The van der Waals surface area contributed by atoms with E-state index in [2.05, 4.69) is 174 Å². The molecule has 12 heteroatoms. The Kier molecular flexibility index (Phi) is 24.7. The summed E-state index contributed by atoms with van der Waals surface area (Å²) in [6.07, 6.45) is 1.98. The largest absolute Gasteiger partial charge is 0.366 e. The molecule has 3 N–H and O–H groups in total. The monoisotopic (exact) mass is 1290 g/mol. The topological polar surface area (TPSA) is 171 Å². The maximum absolute atomic E-state index is 12.4. The number of aromatic nitrogens is 1. The van der Waals surface area contributed by atoms with Crippen LogP contribution in [0.1, 0.15) is 247 Å². The average Bonchev–Trinajstić information content (AvgIpc) is 1.66. The second kappa shape index (κ2) is 33.2. The van der Waals surface area contributed by atoms with Crippen molar-refractivity contribution in [3.05, 3.63) is 319 Å². The molecule has 0 unspecified atom stereocenters. The Balaban J connectivity index is 0.000000152. The van der Waals surface area contributed by atoms with Crippen LogP contribution in [0.5, 0.6) is 0 Å². The minimum absolute atomic E-state index is 0.200. The average molecular weight is 1290 g/mol. The van der Waals surface area contributed by atoms with E-state index in [1.54, 1.807) is 78.9 Å². The van der Waals surface area contributed by atoms with Gasteiger partial charge in [-0.1, -0.05) is 240 Å². The standard InChI is InChI=1S/3C18H17NO2.C11H13N.C10H13NO.C10H14/c1-12(2)14-7-5-6-13(10-14)11-19-17(20)15-8-3-4-9-16(15)18(19)21;1-12(2)14-8-4-3-7-13(14)11-19-17(20)15-9-5-6-10-16(15)18(19)21;1-12(2)14-9-7-13(8-10-14)11-19-17(20)15-5-3-4-6-16(15)18(19)21;1-8(2)9-3-4-11-10(7-9)5-6-12-11;1-7(2)8-4-3-5-9(6-8)10(11)12;1-8(2)10-6-4-9(3)5-7-10/h3*3-10,12H,11H2,1-2H3;3-8,12H,1-2H3;3-7H,1-2H3,(H2,11,12);4-8H,1-3H3. The van der Waals surface area contributed by atoms with Gasteiger partial charge in [-0.2, -0.15) is 0 Å². The lowest BCUT2D eigenvalue weighted by molar-refractivity contribution is 0.0627. The first-order valence-electron chi connectivity index (χ1n) is 33.5. The number of hydrogen-bond acceptors (Lipinski definition) is 7. The Labute approximate surface area is 572 Å². The number of H-pyrrole nitrogens is 1. The quantitative estimate of drug-likeness (QED) is 0.108. The van der Waals surface area contributed by atoms with Gasteiger partial charge in [0.25, 0.3) is 35.4 Å². The highest BCUT2D eigenvalue weighted by molar-refractivity contribution is 6.22. The summed E-state index contributed by atoms with van der Waals surface area (Å²) in [6.45, 7) is 28.9. The van der Waals surface area contributed by atoms with Crippen molar-refractivity contribution < 1.29 is 33.6 Å². The Hall–Kier alpha value is -10.6. The highest BCUT2D eigenvalue weighted by atomic mass is 16.2. The van der Waals surface area contributed by atoms with E-state index < -0.39 is 0 Å². The predicted octanol–water partition coefficient (Wildman–Crippen LogP) is 19.1. The van der Waals surface area contributed by atoms with E-state index in [0.717, 1.165) is 22.3 Å². The zero-order chi connectivity index (χ0) is 70.2. The van der Waals surface area contributed by atoms with Crippen molar-refractivity contribution in [1.29, 1.82) is 0 Å². The zero-order valence-corrected chi connectivity index (χ0v) is 58.2. The third-order valence-electron chi connectivity index (χ3n) is 17.4. The number of nitrogens with one attached hydrogen (secondary N) is 1. The lowest BCUT2D eigenvalue weighted by atomic mass is 9.97. The van der Waals surface area contributed by atoms with Crippen LogP contribution in [-0.4, -0.2) is 61.0 Å². The van der Waals surface area contributed by atoms with Gasteiger partial charge < -0.3 is 10.7 Å². The van der Waals surface area contributed by atoms with Crippen molar-refractivity contribution in [3.63, 3.8) is 0 Å². The third-order valence-corrected chi connectivity index (χ3v) is 17.4. The number of rotatable bonds is 13. The Morgan fingerprint density at radius 3 is 1.15 bits per heavy atom. The molecular weight excluding hydrogens is 1200 g/mol. The van der Waals surface area contributed by atoms with Gasteiger partial charge in [-0.3, -0.25) is 48.3 Å². The van der Waals surface area contributed by atoms with E-state index in [1.165, 1.54) is 59.0 Å². The van der Waals surface area contributed by atoms with Gasteiger partial charge in [0.2, 0.25) is 5.91 Å². The van der Waals surface area contributed by atoms with Crippen molar-refractivity contribution in [1.82, 2.24) is 19.7 Å². The molecule has 0 bridgehead atoms. The van der Waals surface area contributed by atoms with Crippen LogP contribution < -0.4 is 5.73 Å². The van der Waals surface area contributed by atoms with Crippen LogP contribution in [-0.2, 0) is 19.6 Å². The van der Waals surface area contributed by atoms with Crippen molar-refractivity contribution >= 4 is 52.3 Å². The fourth-order valence-electron chi connectivity index (χ4n) is 11.4. The molecule has 498 valence electrons. The summed E-state index contributed by atoms with van der Waals surface area (Å²) in [4.78, 5) is 92.0. The number of carbonyl (C=O) groups excluding carboxylic acids is 7.